The van der Waals surface area contributed by atoms with Gasteiger partial charge in [-0.1, -0.05) is 0 Å². The van der Waals surface area contributed by atoms with E-state index in [0.717, 1.165) is 0 Å². The van der Waals surface area contributed by atoms with Crippen molar-refractivity contribution in [3.05, 3.63) is 12.5 Å². The first-order valence-corrected chi connectivity index (χ1v) is 3.08. The third-order valence-corrected chi connectivity index (χ3v) is 0.879. The number of aromatic nitrogens is 2. The molecule has 0 radical (unpaired) electrons. The highest BCUT2D eigenvalue weighted by Crippen LogP contribution is 2.00. The lowest BCUT2D eigenvalue weighted by atomic mass is 10.5. The zero-order valence-corrected chi connectivity index (χ0v) is 5.98. The molecule has 0 aliphatic carbocycles. The third kappa shape index (κ3) is 1.65. The molecule has 1 rings (SSSR count). The van der Waals surface area contributed by atoms with Crippen LogP contribution in [-0.4, -0.2) is 20.9 Å². The van der Waals surface area contributed by atoms with Gasteiger partial charge in [0.25, 0.3) is 0 Å². The van der Waals surface area contributed by atoms with Gasteiger partial charge in [0.05, 0.1) is 0 Å². The number of nitrogens with zero attached hydrogens (tertiary/aromatic N) is 2. The second-order valence-electron chi connectivity index (χ2n) is 2.25. The summed E-state index contributed by atoms with van der Waals surface area (Å²) >= 11 is 0. The molecular formula is C6H10N2O2. The lowest BCUT2D eigenvalue weighted by Crippen LogP contribution is -2.16. The van der Waals surface area contributed by atoms with E-state index in [1.165, 1.54) is 17.3 Å². The molecule has 0 aliphatic heterocycles. The molecule has 0 aromatic carbocycles. The van der Waals surface area contributed by atoms with Gasteiger partial charge in [-0.2, -0.15) is 9.71 Å². The Morgan fingerprint density at radius 3 is 2.80 bits per heavy atom. The number of rotatable bonds is 2. The summed E-state index contributed by atoms with van der Waals surface area (Å²) in [5.41, 5.74) is 0. The van der Waals surface area contributed by atoms with Crippen molar-refractivity contribution in [2.45, 2.75) is 20.0 Å². The number of aromatic hydroxyl groups is 1. The molecule has 0 atom stereocenters. The summed E-state index contributed by atoms with van der Waals surface area (Å²) in [5, 5.41) is 8.75. The van der Waals surface area contributed by atoms with E-state index in [1.807, 2.05) is 13.8 Å². The third-order valence-electron chi connectivity index (χ3n) is 0.879. The average Bonchev–Trinajstić information content (AvgIpc) is 2.13. The molecule has 1 N–H and O–H groups in total. The second-order valence-corrected chi connectivity index (χ2v) is 2.25. The van der Waals surface area contributed by atoms with E-state index in [2.05, 4.69) is 4.98 Å². The molecule has 1 aromatic rings. The fourth-order valence-electron chi connectivity index (χ4n) is 0.598. The molecule has 56 valence electrons. The predicted molar refractivity (Wildman–Crippen MR) is 35.6 cm³/mol. The van der Waals surface area contributed by atoms with Gasteiger partial charge in [-0.15, -0.1) is 0 Å². The highest BCUT2D eigenvalue weighted by atomic mass is 16.7. The van der Waals surface area contributed by atoms with E-state index >= 15 is 0 Å². The van der Waals surface area contributed by atoms with Crippen molar-refractivity contribution in [1.29, 1.82) is 0 Å². The standard InChI is InChI=1S/C6H10N2O2/c1-5(2)10-8-3-6(9)7-4-8/h3-5,9H,1-2H3. The van der Waals surface area contributed by atoms with Gasteiger partial charge in [-0.05, 0) is 13.8 Å². The van der Waals surface area contributed by atoms with Gasteiger partial charge >= 0.3 is 0 Å². The smallest absolute Gasteiger partial charge is 0.232 e. The zero-order valence-electron chi connectivity index (χ0n) is 5.98. The maximum atomic E-state index is 8.75. The molecule has 0 amide bonds. The first-order valence-electron chi connectivity index (χ1n) is 3.08. The van der Waals surface area contributed by atoms with Gasteiger partial charge in [0.15, 0.2) is 0 Å². The van der Waals surface area contributed by atoms with Gasteiger partial charge in [0.2, 0.25) is 5.88 Å². The largest absolute Gasteiger partial charge is 0.492 e. The van der Waals surface area contributed by atoms with Crippen LogP contribution >= 0.6 is 0 Å². The summed E-state index contributed by atoms with van der Waals surface area (Å²) in [7, 11) is 0. The average molecular weight is 142 g/mol. The summed E-state index contributed by atoms with van der Waals surface area (Å²) in [5.74, 6) is -0.0272. The van der Waals surface area contributed by atoms with Crippen LogP contribution in [0.4, 0.5) is 0 Å². The van der Waals surface area contributed by atoms with Gasteiger partial charge in [0.1, 0.15) is 18.6 Å². The van der Waals surface area contributed by atoms with Crippen LogP contribution in [0.15, 0.2) is 12.5 Å². The van der Waals surface area contributed by atoms with Crippen LogP contribution in [0, 0.1) is 0 Å². The monoisotopic (exact) mass is 142 g/mol. The summed E-state index contributed by atoms with van der Waals surface area (Å²) in [4.78, 5) is 8.69. The molecule has 0 bridgehead atoms. The number of imidazole rings is 1. The van der Waals surface area contributed by atoms with Gasteiger partial charge in [0, 0.05) is 0 Å². The van der Waals surface area contributed by atoms with Gasteiger partial charge in [-0.25, -0.2) is 0 Å². The summed E-state index contributed by atoms with van der Waals surface area (Å²) < 4.78 is 1.38. The predicted octanol–water partition coefficient (Wildman–Crippen LogP) is 0.426. The Balaban J connectivity index is 2.58. The molecule has 0 aliphatic rings. The quantitative estimate of drug-likeness (QED) is 0.651. The van der Waals surface area contributed by atoms with Crippen LogP contribution in [-0.2, 0) is 0 Å². The van der Waals surface area contributed by atoms with E-state index in [9.17, 15) is 0 Å². The van der Waals surface area contributed by atoms with E-state index in [-0.39, 0.29) is 12.0 Å². The molecule has 10 heavy (non-hydrogen) atoms. The fraction of sp³-hybridized carbons (Fsp3) is 0.500. The molecule has 0 saturated heterocycles. The lowest BCUT2D eigenvalue weighted by Gasteiger charge is -2.07. The first-order chi connectivity index (χ1) is 4.68. The highest BCUT2D eigenvalue weighted by Gasteiger charge is 1.96. The first kappa shape index (κ1) is 6.92. The second kappa shape index (κ2) is 2.60. The fourth-order valence-corrected chi connectivity index (χ4v) is 0.598. The van der Waals surface area contributed by atoms with Crippen molar-refractivity contribution in [1.82, 2.24) is 9.71 Å². The van der Waals surface area contributed by atoms with E-state index < -0.39 is 0 Å². The maximum absolute atomic E-state index is 8.75. The lowest BCUT2D eigenvalue weighted by molar-refractivity contribution is 0.0592. The van der Waals surface area contributed by atoms with E-state index in [1.54, 1.807) is 0 Å². The minimum Gasteiger partial charge on any atom is -0.492 e. The Morgan fingerprint density at radius 1 is 1.70 bits per heavy atom. The van der Waals surface area contributed by atoms with Crippen LogP contribution in [0.5, 0.6) is 5.88 Å². The van der Waals surface area contributed by atoms with Crippen LogP contribution in [0.2, 0.25) is 0 Å². The Bertz CT molecular complexity index is 207. The molecule has 4 nitrogen and oxygen atoms in total. The Kier molecular flexibility index (Phi) is 1.80. The molecule has 1 heterocycles. The topological polar surface area (TPSA) is 47.3 Å². The van der Waals surface area contributed by atoms with Crippen molar-refractivity contribution < 1.29 is 9.94 Å². The molecule has 0 spiro atoms. The minimum atomic E-state index is -0.0272. The van der Waals surface area contributed by atoms with E-state index in [0.29, 0.717) is 0 Å². The van der Waals surface area contributed by atoms with Crippen molar-refractivity contribution in [2.24, 2.45) is 0 Å². The Morgan fingerprint density at radius 2 is 2.40 bits per heavy atom. The van der Waals surface area contributed by atoms with Crippen molar-refractivity contribution >= 4 is 0 Å². The zero-order chi connectivity index (χ0) is 7.56. The molecule has 0 unspecified atom stereocenters. The Hall–Kier alpha value is -1.19. The molecule has 0 saturated carbocycles. The van der Waals surface area contributed by atoms with E-state index in [4.69, 9.17) is 9.94 Å². The van der Waals surface area contributed by atoms with Crippen molar-refractivity contribution in [3.8, 4) is 5.88 Å². The molecule has 4 heteroatoms. The van der Waals surface area contributed by atoms with Crippen molar-refractivity contribution in [3.63, 3.8) is 0 Å². The van der Waals surface area contributed by atoms with Crippen molar-refractivity contribution in [2.75, 3.05) is 0 Å². The van der Waals surface area contributed by atoms with Crippen LogP contribution in [0.1, 0.15) is 13.8 Å². The highest BCUT2D eigenvalue weighted by molar-refractivity contribution is 4.98. The molecule has 1 aromatic heterocycles. The minimum absolute atomic E-state index is 0.0272. The number of hydrogen-bond acceptors (Lipinski definition) is 3. The van der Waals surface area contributed by atoms with Gasteiger partial charge < -0.3 is 9.94 Å². The molecular weight excluding hydrogens is 132 g/mol. The number of hydrogen-bond donors (Lipinski definition) is 1. The van der Waals surface area contributed by atoms with Crippen LogP contribution < -0.4 is 4.84 Å². The summed E-state index contributed by atoms with van der Waals surface area (Å²) in [6, 6.07) is 0. The maximum Gasteiger partial charge on any atom is 0.232 e. The summed E-state index contributed by atoms with van der Waals surface area (Å²) in [6.07, 6.45) is 2.91. The van der Waals surface area contributed by atoms with Gasteiger partial charge in [-0.3, -0.25) is 0 Å². The normalized spacial score (nSPS) is 10.3. The van der Waals surface area contributed by atoms with Crippen LogP contribution in [0.3, 0.4) is 0 Å². The summed E-state index contributed by atoms with van der Waals surface area (Å²) in [6.45, 7) is 3.80. The molecule has 0 fully saturated rings. The Labute approximate surface area is 59.0 Å². The SMILES string of the molecule is CC(C)On1cnc(O)c1. The van der Waals surface area contributed by atoms with Crippen LogP contribution in [0.25, 0.3) is 0 Å².